The third kappa shape index (κ3) is 5.72. The Kier molecular flexibility index (Phi) is 7.92. The van der Waals surface area contributed by atoms with Crippen LogP contribution in [0.15, 0.2) is 30.3 Å². The van der Waals surface area contributed by atoms with Gasteiger partial charge in [-0.1, -0.05) is 43.7 Å². The van der Waals surface area contributed by atoms with Gasteiger partial charge in [-0.05, 0) is 24.8 Å². The summed E-state index contributed by atoms with van der Waals surface area (Å²) in [7, 11) is 0. The molecule has 1 aromatic carbocycles. The molecule has 1 atom stereocenters. The standard InChI is InChI=1S/C16H26N2O2/c1-2-3-11-18(12-13-19)16(20)15(17)10-9-14-7-5-4-6-8-14/h4-8,15,19H,2-3,9-13,17H2,1H3/t15-/m0/s1. The van der Waals surface area contributed by atoms with Crippen LogP contribution in [0.4, 0.5) is 0 Å². The van der Waals surface area contributed by atoms with Crippen molar-refractivity contribution in [2.75, 3.05) is 19.7 Å². The van der Waals surface area contributed by atoms with Crippen LogP contribution in [-0.4, -0.2) is 41.7 Å². The number of carbonyl (C=O) groups excluding carboxylic acids is 1. The maximum atomic E-state index is 12.3. The molecule has 1 aromatic rings. The molecule has 0 heterocycles. The molecule has 4 nitrogen and oxygen atoms in total. The van der Waals surface area contributed by atoms with Crippen LogP contribution < -0.4 is 5.73 Å². The average molecular weight is 278 g/mol. The molecular weight excluding hydrogens is 252 g/mol. The summed E-state index contributed by atoms with van der Waals surface area (Å²) in [4.78, 5) is 13.9. The van der Waals surface area contributed by atoms with E-state index in [1.54, 1.807) is 4.90 Å². The number of hydrogen-bond acceptors (Lipinski definition) is 3. The first-order valence-electron chi connectivity index (χ1n) is 7.38. The van der Waals surface area contributed by atoms with Crippen molar-refractivity contribution < 1.29 is 9.90 Å². The van der Waals surface area contributed by atoms with Gasteiger partial charge in [0.2, 0.25) is 5.91 Å². The molecule has 0 unspecified atom stereocenters. The van der Waals surface area contributed by atoms with E-state index in [9.17, 15) is 4.79 Å². The van der Waals surface area contributed by atoms with Gasteiger partial charge in [-0.2, -0.15) is 0 Å². The van der Waals surface area contributed by atoms with Crippen molar-refractivity contribution in [3.05, 3.63) is 35.9 Å². The highest BCUT2D eigenvalue weighted by molar-refractivity contribution is 5.81. The van der Waals surface area contributed by atoms with Crippen molar-refractivity contribution in [2.24, 2.45) is 5.73 Å². The minimum Gasteiger partial charge on any atom is -0.395 e. The lowest BCUT2D eigenvalue weighted by Crippen LogP contribution is -2.45. The third-order valence-electron chi connectivity index (χ3n) is 3.37. The molecular formula is C16H26N2O2. The van der Waals surface area contributed by atoms with Crippen molar-refractivity contribution in [2.45, 2.75) is 38.6 Å². The zero-order valence-electron chi connectivity index (χ0n) is 12.3. The zero-order valence-corrected chi connectivity index (χ0v) is 12.3. The van der Waals surface area contributed by atoms with Crippen LogP contribution in [0.25, 0.3) is 0 Å². The van der Waals surface area contributed by atoms with E-state index in [0.29, 0.717) is 19.5 Å². The van der Waals surface area contributed by atoms with Gasteiger partial charge in [0.05, 0.1) is 12.6 Å². The molecule has 0 saturated carbocycles. The fourth-order valence-electron chi connectivity index (χ4n) is 2.13. The number of aryl methyl sites for hydroxylation is 1. The Hall–Kier alpha value is -1.39. The van der Waals surface area contributed by atoms with Crippen LogP contribution in [0.1, 0.15) is 31.7 Å². The molecule has 112 valence electrons. The van der Waals surface area contributed by atoms with E-state index >= 15 is 0 Å². The van der Waals surface area contributed by atoms with E-state index in [-0.39, 0.29) is 12.5 Å². The second kappa shape index (κ2) is 9.50. The van der Waals surface area contributed by atoms with Crippen molar-refractivity contribution in [3.8, 4) is 0 Å². The predicted molar refractivity (Wildman–Crippen MR) is 81.3 cm³/mol. The highest BCUT2D eigenvalue weighted by atomic mass is 16.3. The van der Waals surface area contributed by atoms with Crippen LogP contribution in [0.5, 0.6) is 0 Å². The van der Waals surface area contributed by atoms with E-state index in [1.807, 2.05) is 30.3 Å². The molecule has 0 bridgehead atoms. The Morgan fingerprint density at radius 1 is 1.30 bits per heavy atom. The van der Waals surface area contributed by atoms with Gasteiger partial charge in [-0.25, -0.2) is 0 Å². The number of nitrogens with zero attached hydrogens (tertiary/aromatic N) is 1. The minimum atomic E-state index is -0.487. The number of aliphatic hydroxyl groups is 1. The number of hydrogen-bond donors (Lipinski definition) is 2. The Labute approximate surface area is 121 Å². The van der Waals surface area contributed by atoms with E-state index in [0.717, 1.165) is 19.3 Å². The summed E-state index contributed by atoms with van der Waals surface area (Å²) in [6.45, 7) is 3.12. The number of benzene rings is 1. The summed E-state index contributed by atoms with van der Waals surface area (Å²) < 4.78 is 0. The largest absolute Gasteiger partial charge is 0.395 e. The maximum absolute atomic E-state index is 12.3. The first kappa shape index (κ1) is 16.7. The number of nitrogens with two attached hydrogens (primary N) is 1. The summed E-state index contributed by atoms with van der Waals surface area (Å²) in [6.07, 6.45) is 3.40. The lowest BCUT2D eigenvalue weighted by atomic mass is 10.0. The summed E-state index contributed by atoms with van der Waals surface area (Å²) in [5.74, 6) is -0.0524. The maximum Gasteiger partial charge on any atom is 0.239 e. The topological polar surface area (TPSA) is 66.6 Å². The zero-order chi connectivity index (χ0) is 14.8. The lowest BCUT2D eigenvalue weighted by molar-refractivity contribution is -0.133. The first-order valence-corrected chi connectivity index (χ1v) is 7.38. The number of unbranched alkanes of at least 4 members (excludes halogenated alkanes) is 1. The van der Waals surface area contributed by atoms with Crippen molar-refractivity contribution in [3.63, 3.8) is 0 Å². The van der Waals surface area contributed by atoms with Gasteiger partial charge < -0.3 is 15.7 Å². The van der Waals surface area contributed by atoms with Gasteiger partial charge in [-0.15, -0.1) is 0 Å². The molecule has 0 aromatic heterocycles. The normalized spacial score (nSPS) is 12.2. The molecule has 0 radical (unpaired) electrons. The van der Waals surface area contributed by atoms with Crippen LogP contribution in [0.2, 0.25) is 0 Å². The first-order chi connectivity index (χ1) is 9.69. The summed E-state index contributed by atoms with van der Waals surface area (Å²) in [5, 5.41) is 9.04. The van der Waals surface area contributed by atoms with Gasteiger partial charge in [-0.3, -0.25) is 4.79 Å². The molecule has 0 aliphatic heterocycles. The second-order valence-electron chi connectivity index (χ2n) is 5.03. The van der Waals surface area contributed by atoms with E-state index in [4.69, 9.17) is 10.8 Å². The van der Waals surface area contributed by atoms with Gasteiger partial charge >= 0.3 is 0 Å². The van der Waals surface area contributed by atoms with E-state index in [1.165, 1.54) is 5.56 Å². The number of rotatable bonds is 9. The molecule has 20 heavy (non-hydrogen) atoms. The fourth-order valence-corrected chi connectivity index (χ4v) is 2.13. The smallest absolute Gasteiger partial charge is 0.239 e. The molecule has 0 fully saturated rings. The van der Waals surface area contributed by atoms with Gasteiger partial charge in [0.15, 0.2) is 0 Å². The Balaban J connectivity index is 2.46. The SMILES string of the molecule is CCCCN(CCO)C(=O)[C@@H](N)CCc1ccccc1. The molecule has 0 aliphatic carbocycles. The predicted octanol–water partition coefficient (Wildman–Crippen LogP) is 1.57. The van der Waals surface area contributed by atoms with Crippen LogP contribution in [0.3, 0.4) is 0 Å². The van der Waals surface area contributed by atoms with Crippen molar-refractivity contribution in [1.82, 2.24) is 4.90 Å². The third-order valence-corrected chi connectivity index (χ3v) is 3.37. The highest BCUT2D eigenvalue weighted by Gasteiger charge is 2.19. The Morgan fingerprint density at radius 2 is 2.00 bits per heavy atom. The van der Waals surface area contributed by atoms with Crippen LogP contribution >= 0.6 is 0 Å². The number of amides is 1. The second-order valence-corrected chi connectivity index (χ2v) is 5.03. The lowest BCUT2D eigenvalue weighted by Gasteiger charge is -2.25. The van der Waals surface area contributed by atoms with Gasteiger partial charge in [0.25, 0.3) is 0 Å². The van der Waals surface area contributed by atoms with Gasteiger partial charge in [0, 0.05) is 13.1 Å². The van der Waals surface area contributed by atoms with E-state index in [2.05, 4.69) is 6.92 Å². The molecule has 0 aliphatic rings. The summed E-state index contributed by atoms with van der Waals surface area (Å²) in [5.41, 5.74) is 7.19. The molecule has 4 heteroatoms. The average Bonchev–Trinajstić information content (AvgIpc) is 2.49. The molecule has 3 N–H and O–H groups in total. The van der Waals surface area contributed by atoms with E-state index < -0.39 is 6.04 Å². The Morgan fingerprint density at radius 3 is 2.60 bits per heavy atom. The monoisotopic (exact) mass is 278 g/mol. The quantitative estimate of drug-likeness (QED) is 0.720. The highest BCUT2D eigenvalue weighted by Crippen LogP contribution is 2.07. The minimum absolute atomic E-state index is 0.0130. The molecule has 1 rings (SSSR count). The summed E-state index contributed by atoms with van der Waals surface area (Å²) >= 11 is 0. The molecule has 0 saturated heterocycles. The van der Waals surface area contributed by atoms with Crippen molar-refractivity contribution >= 4 is 5.91 Å². The van der Waals surface area contributed by atoms with Crippen LogP contribution in [-0.2, 0) is 11.2 Å². The Bertz CT molecular complexity index is 381. The number of carbonyl (C=O) groups is 1. The summed E-state index contributed by atoms with van der Waals surface area (Å²) in [6, 6.07) is 9.55. The fraction of sp³-hybridized carbons (Fsp3) is 0.562. The van der Waals surface area contributed by atoms with Crippen molar-refractivity contribution in [1.29, 1.82) is 0 Å². The van der Waals surface area contributed by atoms with Crippen LogP contribution in [0, 0.1) is 0 Å². The number of aliphatic hydroxyl groups excluding tert-OH is 1. The molecule has 0 spiro atoms. The van der Waals surface area contributed by atoms with Gasteiger partial charge in [0.1, 0.15) is 0 Å². The molecule has 1 amide bonds.